The van der Waals surface area contributed by atoms with Crippen LogP contribution in [-0.4, -0.2) is 67.7 Å². The maximum absolute atomic E-state index is 12.7. The third kappa shape index (κ3) is 5.03. The highest BCUT2D eigenvalue weighted by Crippen LogP contribution is 2.18. The maximum atomic E-state index is 12.7. The van der Waals surface area contributed by atoms with Crippen LogP contribution in [-0.2, 0) is 9.53 Å². The molecular weight excluding hydrogens is 302 g/mol. The summed E-state index contributed by atoms with van der Waals surface area (Å²) in [6.45, 7) is 8.85. The van der Waals surface area contributed by atoms with Crippen molar-refractivity contribution in [2.24, 2.45) is 0 Å². The van der Waals surface area contributed by atoms with Gasteiger partial charge in [-0.3, -0.25) is 14.6 Å². The minimum absolute atomic E-state index is 0.0485. The summed E-state index contributed by atoms with van der Waals surface area (Å²) < 4.78 is 5.78. The molecule has 1 aromatic carbocycles. The number of nitrogens with zero attached hydrogens (tertiary/aromatic N) is 2. The average Bonchev–Trinajstić information content (AvgIpc) is 2.52. The topological polar surface area (TPSA) is 44.8 Å². The fourth-order valence-corrected chi connectivity index (χ4v) is 3.37. The molecule has 1 fully saturated rings. The Morgan fingerprint density at radius 3 is 2.38 bits per heavy atom. The quantitative estimate of drug-likeness (QED) is 0.864. The molecule has 24 heavy (non-hydrogen) atoms. The summed E-state index contributed by atoms with van der Waals surface area (Å²) in [7, 11) is 3.87. The van der Waals surface area contributed by atoms with E-state index in [4.69, 9.17) is 4.74 Å². The van der Waals surface area contributed by atoms with Crippen LogP contribution in [0.15, 0.2) is 30.3 Å². The molecule has 0 unspecified atom stereocenters. The van der Waals surface area contributed by atoms with Gasteiger partial charge in [0.05, 0.1) is 12.2 Å². The lowest BCUT2D eigenvalue weighted by Gasteiger charge is -2.39. The van der Waals surface area contributed by atoms with Crippen molar-refractivity contribution in [1.82, 2.24) is 15.1 Å². The highest BCUT2D eigenvalue weighted by molar-refractivity contribution is 5.83. The van der Waals surface area contributed by atoms with Crippen molar-refractivity contribution in [3.05, 3.63) is 35.9 Å². The van der Waals surface area contributed by atoms with Crippen molar-refractivity contribution in [1.29, 1.82) is 0 Å². The molecule has 5 heteroatoms. The van der Waals surface area contributed by atoms with Gasteiger partial charge in [0, 0.05) is 25.7 Å². The van der Waals surface area contributed by atoms with Gasteiger partial charge in [0.1, 0.15) is 6.04 Å². The third-order valence-electron chi connectivity index (χ3n) is 4.52. The Labute approximate surface area is 146 Å². The van der Waals surface area contributed by atoms with Crippen LogP contribution in [0.3, 0.4) is 0 Å². The summed E-state index contributed by atoms with van der Waals surface area (Å²) in [6, 6.07) is 9.94. The number of ether oxygens (including phenoxy) is 1. The number of hydrogen-bond donors (Lipinski definition) is 1. The molecule has 1 amide bonds. The Morgan fingerprint density at radius 1 is 1.25 bits per heavy atom. The summed E-state index contributed by atoms with van der Waals surface area (Å²) in [5.41, 5.74) is 1.02. The van der Waals surface area contributed by atoms with Gasteiger partial charge in [-0.15, -0.1) is 0 Å². The molecule has 1 aromatic rings. The van der Waals surface area contributed by atoms with Crippen LogP contribution in [0.4, 0.5) is 0 Å². The molecule has 1 N–H and O–H groups in total. The average molecular weight is 333 g/mol. The van der Waals surface area contributed by atoms with Crippen LogP contribution in [0.2, 0.25) is 0 Å². The van der Waals surface area contributed by atoms with Crippen molar-refractivity contribution >= 4 is 5.91 Å². The first kappa shape index (κ1) is 18.9. The van der Waals surface area contributed by atoms with E-state index in [1.54, 1.807) is 0 Å². The van der Waals surface area contributed by atoms with Crippen LogP contribution in [0, 0.1) is 0 Å². The summed E-state index contributed by atoms with van der Waals surface area (Å²) in [6.07, 6.45) is 0.483. The Hall–Kier alpha value is -1.43. The molecule has 134 valence electrons. The van der Waals surface area contributed by atoms with Crippen LogP contribution in [0.1, 0.15) is 32.4 Å². The van der Waals surface area contributed by atoms with Crippen molar-refractivity contribution in [2.75, 3.05) is 33.7 Å². The van der Waals surface area contributed by atoms with Gasteiger partial charge >= 0.3 is 0 Å². The first-order chi connectivity index (χ1) is 11.4. The largest absolute Gasteiger partial charge is 0.373 e. The lowest BCUT2D eigenvalue weighted by Crippen LogP contribution is -2.52. The van der Waals surface area contributed by atoms with E-state index in [1.165, 1.54) is 0 Å². The van der Waals surface area contributed by atoms with Crippen LogP contribution < -0.4 is 5.32 Å². The summed E-state index contributed by atoms with van der Waals surface area (Å²) in [5.74, 6) is 0.0485. The van der Waals surface area contributed by atoms with Crippen LogP contribution in [0.25, 0.3) is 0 Å². The van der Waals surface area contributed by atoms with Crippen molar-refractivity contribution in [3.8, 4) is 0 Å². The van der Waals surface area contributed by atoms with Crippen molar-refractivity contribution < 1.29 is 9.53 Å². The number of hydrogen-bond acceptors (Lipinski definition) is 4. The zero-order valence-corrected chi connectivity index (χ0v) is 15.5. The molecule has 0 aliphatic carbocycles. The molecule has 1 aliphatic heterocycles. The maximum Gasteiger partial charge on any atom is 0.241 e. The number of carbonyl (C=O) groups is 1. The van der Waals surface area contributed by atoms with Gasteiger partial charge in [0.25, 0.3) is 0 Å². The summed E-state index contributed by atoms with van der Waals surface area (Å²) in [5, 5.41) is 3.13. The van der Waals surface area contributed by atoms with E-state index in [1.807, 2.05) is 49.3 Å². The van der Waals surface area contributed by atoms with Crippen molar-refractivity contribution in [3.63, 3.8) is 0 Å². The fraction of sp³-hybridized carbons (Fsp3) is 0.632. The van der Waals surface area contributed by atoms with Crippen LogP contribution in [0.5, 0.6) is 0 Å². The van der Waals surface area contributed by atoms with Gasteiger partial charge in [-0.05, 0) is 40.4 Å². The Morgan fingerprint density at radius 2 is 1.83 bits per heavy atom. The Balaban J connectivity index is 1.93. The van der Waals surface area contributed by atoms with E-state index >= 15 is 0 Å². The Bertz CT molecular complexity index is 511. The van der Waals surface area contributed by atoms with Gasteiger partial charge in [0.15, 0.2) is 0 Å². The molecule has 0 radical (unpaired) electrons. The first-order valence-electron chi connectivity index (χ1n) is 8.77. The normalized spacial score (nSPS) is 24.6. The van der Waals surface area contributed by atoms with Gasteiger partial charge in [0.2, 0.25) is 5.91 Å². The lowest BCUT2D eigenvalue weighted by atomic mass is 10.1. The minimum Gasteiger partial charge on any atom is -0.373 e. The molecular formula is C19H31N3O2. The lowest BCUT2D eigenvalue weighted by molar-refractivity contribution is -0.126. The molecule has 5 nitrogen and oxygen atoms in total. The molecule has 4 atom stereocenters. The predicted molar refractivity (Wildman–Crippen MR) is 96.9 cm³/mol. The standard InChI is InChI=1S/C19H31N3O2/c1-14(22-12-15(2)24-16(3)13-22)11-20-19(23)18(21(4)5)17-9-7-6-8-10-17/h6-10,14-16,18H,11-13H2,1-5H3,(H,20,23)/t14-,15-,16-,18+/m1/s1. The van der Waals surface area contributed by atoms with E-state index in [9.17, 15) is 4.79 Å². The number of likely N-dealkylation sites (N-methyl/N-ethyl adjacent to an activating group) is 1. The number of nitrogens with one attached hydrogen (secondary N) is 1. The minimum atomic E-state index is -0.263. The molecule has 2 rings (SSSR count). The summed E-state index contributed by atoms with van der Waals surface area (Å²) in [4.78, 5) is 17.1. The van der Waals surface area contributed by atoms with Gasteiger partial charge in [-0.2, -0.15) is 0 Å². The number of morpholine rings is 1. The van der Waals surface area contributed by atoms with E-state index in [-0.39, 0.29) is 24.2 Å². The number of benzene rings is 1. The third-order valence-corrected chi connectivity index (χ3v) is 4.52. The highest BCUT2D eigenvalue weighted by atomic mass is 16.5. The van der Waals surface area contributed by atoms with E-state index in [0.29, 0.717) is 12.6 Å². The second-order valence-electron chi connectivity index (χ2n) is 7.08. The smallest absolute Gasteiger partial charge is 0.241 e. The van der Waals surface area contributed by atoms with Crippen LogP contribution >= 0.6 is 0 Å². The molecule has 0 aromatic heterocycles. The molecule has 1 saturated heterocycles. The Kier molecular flexibility index (Phi) is 6.78. The zero-order valence-electron chi connectivity index (χ0n) is 15.5. The van der Waals surface area contributed by atoms with E-state index < -0.39 is 0 Å². The van der Waals surface area contributed by atoms with E-state index in [0.717, 1.165) is 18.7 Å². The van der Waals surface area contributed by atoms with E-state index in [2.05, 4.69) is 31.0 Å². The van der Waals surface area contributed by atoms with Gasteiger partial charge < -0.3 is 10.1 Å². The predicted octanol–water partition coefficient (Wildman–Crippen LogP) is 1.90. The number of rotatable bonds is 6. The second-order valence-corrected chi connectivity index (χ2v) is 7.08. The SMILES string of the molecule is C[C@@H]1CN([C@H](C)CNC(=O)[C@H](c2ccccc2)N(C)C)C[C@@H](C)O1. The summed E-state index contributed by atoms with van der Waals surface area (Å²) >= 11 is 0. The zero-order chi connectivity index (χ0) is 17.7. The first-order valence-corrected chi connectivity index (χ1v) is 8.77. The molecule has 0 saturated carbocycles. The number of carbonyl (C=O) groups excluding carboxylic acids is 1. The molecule has 1 aliphatic rings. The van der Waals surface area contributed by atoms with Gasteiger partial charge in [-0.25, -0.2) is 0 Å². The van der Waals surface area contributed by atoms with Crippen molar-refractivity contribution in [2.45, 2.75) is 45.1 Å². The second kappa shape index (κ2) is 8.60. The molecule has 1 heterocycles. The van der Waals surface area contributed by atoms with Gasteiger partial charge in [-0.1, -0.05) is 30.3 Å². The molecule has 0 bridgehead atoms. The molecule has 0 spiro atoms. The fourth-order valence-electron chi connectivity index (χ4n) is 3.37. The number of amides is 1. The highest BCUT2D eigenvalue weighted by Gasteiger charge is 2.27. The monoisotopic (exact) mass is 333 g/mol.